The Morgan fingerprint density at radius 1 is 1.36 bits per heavy atom. The van der Waals surface area contributed by atoms with Crippen LogP contribution in [-0.2, 0) is 24.2 Å². The minimum absolute atomic E-state index is 0.0688. The summed E-state index contributed by atoms with van der Waals surface area (Å²) >= 11 is 2.90. The molecule has 4 aromatic rings. The van der Waals surface area contributed by atoms with Gasteiger partial charge in [0.15, 0.2) is 11.0 Å². The summed E-state index contributed by atoms with van der Waals surface area (Å²) in [5, 5.41) is 7.42. The zero-order valence-electron chi connectivity index (χ0n) is 18.4. The number of fused-ring (bicyclic) bond motifs is 3. The van der Waals surface area contributed by atoms with Crippen molar-refractivity contribution in [1.29, 1.82) is 0 Å². The van der Waals surface area contributed by atoms with Crippen LogP contribution in [0.5, 0.6) is 0 Å². The third kappa shape index (κ3) is 4.37. The van der Waals surface area contributed by atoms with Crippen molar-refractivity contribution in [3.63, 3.8) is 0 Å². The summed E-state index contributed by atoms with van der Waals surface area (Å²) in [7, 11) is 0. The van der Waals surface area contributed by atoms with Gasteiger partial charge in [-0.15, -0.1) is 11.3 Å². The van der Waals surface area contributed by atoms with Crippen molar-refractivity contribution in [1.82, 2.24) is 14.7 Å². The maximum absolute atomic E-state index is 13.7. The molecule has 0 saturated carbocycles. The monoisotopic (exact) mass is 484 g/mol. The fourth-order valence-electron chi connectivity index (χ4n) is 4.09. The molecule has 1 aliphatic rings. The lowest BCUT2D eigenvalue weighted by Gasteiger charge is -2.17. The lowest BCUT2D eigenvalue weighted by atomic mass is 9.97. The molecule has 1 aliphatic carbocycles. The lowest BCUT2D eigenvalue weighted by molar-refractivity contribution is -0.115. The molecule has 0 bridgehead atoms. The summed E-state index contributed by atoms with van der Waals surface area (Å²) in [4.78, 5) is 33.6. The first-order valence-electron chi connectivity index (χ1n) is 11.0. The standard InChI is InChI=1S/C23H24N4O4S2/c1-3-16(20(28)24-18-11-13(2)31-26-18)33-23-25-21-19(15-8-4-5-9-17(15)32-21)22(29)27(23)12-14-7-6-10-30-14/h6-7,10-11,16H,3-5,8-9,12H2,1-2H3,(H,24,26,28). The number of carbonyl (C=O) groups excluding carboxylic acids is 1. The minimum Gasteiger partial charge on any atom is -0.467 e. The van der Waals surface area contributed by atoms with Crippen molar-refractivity contribution >= 4 is 45.0 Å². The molecule has 5 rings (SSSR count). The van der Waals surface area contributed by atoms with E-state index in [-0.39, 0.29) is 18.0 Å². The molecule has 0 radical (unpaired) electrons. The topological polar surface area (TPSA) is 103 Å². The highest BCUT2D eigenvalue weighted by atomic mass is 32.2. The molecule has 33 heavy (non-hydrogen) atoms. The number of rotatable bonds is 7. The Kier molecular flexibility index (Phi) is 6.11. The zero-order valence-corrected chi connectivity index (χ0v) is 20.1. The van der Waals surface area contributed by atoms with E-state index in [1.54, 1.807) is 41.2 Å². The highest BCUT2D eigenvalue weighted by Gasteiger charge is 2.26. The third-order valence-corrected chi connectivity index (χ3v) is 8.26. The van der Waals surface area contributed by atoms with Crippen LogP contribution >= 0.6 is 23.1 Å². The molecule has 172 valence electrons. The molecule has 4 aromatic heterocycles. The fourth-order valence-corrected chi connectivity index (χ4v) is 6.40. The summed E-state index contributed by atoms with van der Waals surface area (Å²) in [5.41, 5.74) is 1.08. The normalized spacial score (nSPS) is 14.4. The molecule has 1 atom stereocenters. The number of aromatic nitrogens is 3. The van der Waals surface area contributed by atoms with Crippen LogP contribution in [0.25, 0.3) is 10.2 Å². The lowest BCUT2D eigenvalue weighted by Crippen LogP contribution is -2.28. The Morgan fingerprint density at radius 2 is 2.21 bits per heavy atom. The summed E-state index contributed by atoms with van der Waals surface area (Å²) in [6.45, 7) is 3.96. The van der Waals surface area contributed by atoms with E-state index in [0.717, 1.165) is 41.5 Å². The van der Waals surface area contributed by atoms with Gasteiger partial charge in [0.1, 0.15) is 16.4 Å². The fraction of sp³-hybridized carbons (Fsp3) is 0.391. The molecule has 1 amide bonds. The van der Waals surface area contributed by atoms with Crippen molar-refractivity contribution in [3.05, 3.63) is 56.8 Å². The van der Waals surface area contributed by atoms with E-state index in [1.807, 2.05) is 13.0 Å². The van der Waals surface area contributed by atoms with Gasteiger partial charge in [0.2, 0.25) is 5.91 Å². The van der Waals surface area contributed by atoms with E-state index in [9.17, 15) is 9.59 Å². The zero-order chi connectivity index (χ0) is 22.9. The first-order chi connectivity index (χ1) is 16.0. The molecule has 0 aliphatic heterocycles. The highest BCUT2D eigenvalue weighted by molar-refractivity contribution is 8.00. The Morgan fingerprint density at radius 3 is 2.94 bits per heavy atom. The van der Waals surface area contributed by atoms with E-state index < -0.39 is 5.25 Å². The number of furan rings is 1. The number of hydrogen-bond donors (Lipinski definition) is 1. The number of thiophene rings is 1. The molecule has 1 N–H and O–H groups in total. The van der Waals surface area contributed by atoms with Gasteiger partial charge in [-0.3, -0.25) is 14.2 Å². The molecule has 0 saturated heterocycles. The van der Waals surface area contributed by atoms with Crippen LogP contribution in [0, 0.1) is 6.92 Å². The summed E-state index contributed by atoms with van der Waals surface area (Å²) in [6.07, 6.45) is 6.29. The second-order valence-corrected chi connectivity index (χ2v) is 10.3. The van der Waals surface area contributed by atoms with Crippen LogP contribution in [-0.4, -0.2) is 25.9 Å². The van der Waals surface area contributed by atoms with Crippen molar-refractivity contribution in [2.45, 2.75) is 62.9 Å². The molecule has 0 fully saturated rings. The van der Waals surface area contributed by atoms with E-state index in [4.69, 9.17) is 13.9 Å². The number of nitrogens with zero attached hydrogens (tertiary/aromatic N) is 3. The van der Waals surface area contributed by atoms with Gasteiger partial charge in [0.25, 0.3) is 5.56 Å². The maximum Gasteiger partial charge on any atom is 0.263 e. The highest BCUT2D eigenvalue weighted by Crippen LogP contribution is 2.35. The predicted molar refractivity (Wildman–Crippen MR) is 128 cm³/mol. The van der Waals surface area contributed by atoms with Gasteiger partial charge in [-0.1, -0.05) is 23.8 Å². The SMILES string of the molecule is CCC(Sc1nc2sc3c(c2c(=O)n1Cc1ccco1)CCCC3)C(=O)Nc1cc(C)on1. The summed E-state index contributed by atoms with van der Waals surface area (Å²) in [5.74, 6) is 1.45. The van der Waals surface area contributed by atoms with E-state index in [1.165, 1.54) is 16.6 Å². The molecular weight excluding hydrogens is 460 g/mol. The third-order valence-electron chi connectivity index (χ3n) is 5.72. The van der Waals surface area contributed by atoms with Crippen LogP contribution in [0.1, 0.15) is 48.1 Å². The van der Waals surface area contributed by atoms with E-state index >= 15 is 0 Å². The van der Waals surface area contributed by atoms with Gasteiger partial charge >= 0.3 is 0 Å². The van der Waals surface area contributed by atoms with Crippen LogP contribution in [0.2, 0.25) is 0 Å². The first-order valence-corrected chi connectivity index (χ1v) is 12.7. The van der Waals surface area contributed by atoms with Crippen LogP contribution in [0.4, 0.5) is 5.82 Å². The van der Waals surface area contributed by atoms with Crippen molar-refractivity contribution in [3.8, 4) is 0 Å². The quantitative estimate of drug-likeness (QED) is 0.297. The summed E-state index contributed by atoms with van der Waals surface area (Å²) in [6, 6.07) is 5.31. The average molecular weight is 485 g/mol. The molecular formula is C23H24N4O4S2. The summed E-state index contributed by atoms with van der Waals surface area (Å²) < 4.78 is 12.2. The number of amides is 1. The van der Waals surface area contributed by atoms with Gasteiger partial charge in [0, 0.05) is 10.9 Å². The molecule has 0 aromatic carbocycles. The molecule has 4 heterocycles. The predicted octanol–water partition coefficient (Wildman–Crippen LogP) is 4.78. The molecule has 1 unspecified atom stereocenters. The number of carbonyl (C=O) groups is 1. The largest absolute Gasteiger partial charge is 0.467 e. The van der Waals surface area contributed by atoms with Gasteiger partial charge < -0.3 is 14.3 Å². The average Bonchev–Trinajstić information content (AvgIpc) is 3.54. The molecule has 10 heteroatoms. The Labute approximate surface area is 198 Å². The van der Waals surface area contributed by atoms with Gasteiger partial charge in [0.05, 0.1) is 23.4 Å². The van der Waals surface area contributed by atoms with E-state index in [2.05, 4.69) is 10.5 Å². The number of thioether (sulfide) groups is 1. The van der Waals surface area contributed by atoms with Crippen molar-refractivity contribution in [2.75, 3.05) is 5.32 Å². The van der Waals surface area contributed by atoms with Crippen LogP contribution in [0.15, 0.2) is 43.4 Å². The van der Waals surface area contributed by atoms with Crippen molar-refractivity contribution in [2.24, 2.45) is 0 Å². The van der Waals surface area contributed by atoms with Gasteiger partial charge in [-0.25, -0.2) is 4.98 Å². The van der Waals surface area contributed by atoms with Crippen molar-refractivity contribution < 1.29 is 13.7 Å². The Bertz CT molecular complexity index is 1350. The number of hydrogen-bond acceptors (Lipinski definition) is 8. The van der Waals surface area contributed by atoms with Crippen LogP contribution < -0.4 is 10.9 Å². The number of anilines is 1. The number of aryl methyl sites for hydroxylation is 3. The van der Waals surface area contributed by atoms with Gasteiger partial charge in [-0.05, 0) is 56.7 Å². The second-order valence-electron chi connectivity index (χ2n) is 8.08. The van der Waals surface area contributed by atoms with Gasteiger partial charge in [-0.2, -0.15) is 0 Å². The maximum atomic E-state index is 13.7. The Hall–Kier alpha value is -2.85. The van der Waals surface area contributed by atoms with E-state index in [0.29, 0.717) is 28.9 Å². The Balaban J connectivity index is 1.53. The molecule has 8 nitrogen and oxygen atoms in total. The minimum atomic E-state index is -0.455. The number of nitrogens with one attached hydrogen (secondary N) is 1. The van der Waals surface area contributed by atoms with Crippen LogP contribution in [0.3, 0.4) is 0 Å². The second kappa shape index (κ2) is 9.18. The smallest absolute Gasteiger partial charge is 0.263 e. The first kappa shape index (κ1) is 22.0. The molecule has 0 spiro atoms.